The lowest BCUT2D eigenvalue weighted by Crippen LogP contribution is -2.61. The number of hydrogen-bond acceptors (Lipinski definition) is 4. The SMILES string of the molecule is CC(C)(C)C(CN)N1CCOCC1C(N)=O. The fraction of sp³-hybridized carbons (Fsp3) is 0.909. The summed E-state index contributed by atoms with van der Waals surface area (Å²) in [5.74, 6) is -0.331. The van der Waals surface area contributed by atoms with Gasteiger partial charge in [0.25, 0.3) is 0 Å². The van der Waals surface area contributed by atoms with E-state index in [2.05, 4.69) is 25.7 Å². The van der Waals surface area contributed by atoms with Gasteiger partial charge in [0.2, 0.25) is 5.91 Å². The minimum Gasteiger partial charge on any atom is -0.378 e. The van der Waals surface area contributed by atoms with E-state index in [1.54, 1.807) is 0 Å². The van der Waals surface area contributed by atoms with Crippen LogP contribution in [0.25, 0.3) is 0 Å². The van der Waals surface area contributed by atoms with E-state index in [1.807, 2.05) is 0 Å². The molecule has 0 aromatic carbocycles. The standard InChI is InChI=1S/C11H23N3O2/c1-11(2,3)9(6-12)14-4-5-16-7-8(14)10(13)15/h8-9H,4-7,12H2,1-3H3,(H2,13,15). The van der Waals surface area contributed by atoms with Gasteiger partial charge in [0.1, 0.15) is 6.04 Å². The van der Waals surface area contributed by atoms with Gasteiger partial charge in [-0.2, -0.15) is 0 Å². The van der Waals surface area contributed by atoms with Crippen molar-refractivity contribution in [1.82, 2.24) is 4.90 Å². The number of nitrogens with zero attached hydrogens (tertiary/aromatic N) is 1. The van der Waals surface area contributed by atoms with Crippen LogP contribution >= 0.6 is 0 Å². The van der Waals surface area contributed by atoms with Crippen LogP contribution in [-0.2, 0) is 9.53 Å². The first-order valence-electron chi connectivity index (χ1n) is 5.70. The second-order valence-corrected chi connectivity index (χ2v) is 5.35. The molecule has 1 heterocycles. The molecule has 1 rings (SSSR count). The Hall–Kier alpha value is -0.650. The maximum Gasteiger partial charge on any atom is 0.237 e. The van der Waals surface area contributed by atoms with Crippen LogP contribution in [-0.4, -0.2) is 49.2 Å². The molecule has 1 fully saturated rings. The summed E-state index contributed by atoms with van der Waals surface area (Å²) >= 11 is 0. The van der Waals surface area contributed by atoms with Crippen LogP contribution in [0.4, 0.5) is 0 Å². The molecule has 1 amide bonds. The van der Waals surface area contributed by atoms with Crippen molar-refractivity contribution >= 4 is 5.91 Å². The predicted octanol–water partition coefficient (Wildman–Crippen LogP) is -0.454. The van der Waals surface area contributed by atoms with Gasteiger partial charge in [-0.15, -0.1) is 0 Å². The topological polar surface area (TPSA) is 81.6 Å². The van der Waals surface area contributed by atoms with Crippen LogP contribution in [0.5, 0.6) is 0 Å². The van der Waals surface area contributed by atoms with Crippen molar-refractivity contribution in [3.63, 3.8) is 0 Å². The van der Waals surface area contributed by atoms with Gasteiger partial charge >= 0.3 is 0 Å². The molecular weight excluding hydrogens is 206 g/mol. The smallest absolute Gasteiger partial charge is 0.237 e. The number of amides is 1. The van der Waals surface area contributed by atoms with Gasteiger partial charge in [0, 0.05) is 19.1 Å². The van der Waals surface area contributed by atoms with E-state index in [9.17, 15) is 4.79 Å². The molecule has 0 aromatic rings. The molecule has 0 aromatic heterocycles. The Morgan fingerprint density at radius 1 is 1.56 bits per heavy atom. The first kappa shape index (κ1) is 13.4. The molecule has 16 heavy (non-hydrogen) atoms. The molecule has 0 bridgehead atoms. The molecule has 2 unspecified atom stereocenters. The Bertz CT molecular complexity index is 250. The van der Waals surface area contributed by atoms with Gasteiger partial charge in [-0.1, -0.05) is 20.8 Å². The van der Waals surface area contributed by atoms with Crippen molar-refractivity contribution in [1.29, 1.82) is 0 Å². The fourth-order valence-electron chi connectivity index (χ4n) is 2.22. The average Bonchev–Trinajstić information content (AvgIpc) is 2.17. The molecule has 5 heteroatoms. The lowest BCUT2D eigenvalue weighted by Gasteiger charge is -2.44. The van der Waals surface area contributed by atoms with E-state index in [0.717, 1.165) is 0 Å². The highest BCUT2D eigenvalue weighted by Crippen LogP contribution is 2.26. The third-order valence-corrected chi connectivity index (χ3v) is 3.12. The first-order valence-corrected chi connectivity index (χ1v) is 5.70. The third-order valence-electron chi connectivity index (χ3n) is 3.12. The molecular formula is C11H23N3O2. The lowest BCUT2D eigenvalue weighted by atomic mass is 9.84. The fourth-order valence-corrected chi connectivity index (χ4v) is 2.22. The Morgan fingerprint density at radius 2 is 2.19 bits per heavy atom. The summed E-state index contributed by atoms with van der Waals surface area (Å²) in [5, 5.41) is 0. The number of carbonyl (C=O) groups excluding carboxylic acids is 1. The van der Waals surface area contributed by atoms with E-state index >= 15 is 0 Å². The van der Waals surface area contributed by atoms with Gasteiger partial charge in [-0.25, -0.2) is 0 Å². The summed E-state index contributed by atoms with van der Waals surface area (Å²) in [5.41, 5.74) is 11.2. The number of carbonyl (C=O) groups is 1. The molecule has 0 saturated carbocycles. The maximum atomic E-state index is 11.4. The zero-order valence-corrected chi connectivity index (χ0v) is 10.4. The number of rotatable bonds is 3. The minimum absolute atomic E-state index is 0.0276. The normalized spacial score (nSPS) is 25.4. The molecule has 2 atom stereocenters. The summed E-state index contributed by atoms with van der Waals surface area (Å²) in [6, 6.07) is -0.199. The number of ether oxygens (including phenoxy) is 1. The number of primary amides is 1. The van der Waals surface area contributed by atoms with E-state index in [4.69, 9.17) is 16.2 Å². The Balaban J connectivity index is 2.84. The van der Waals surface area contributed by atoms with Crippen LogP contribution < -0.4 is 11.5 Å². The van der Waals surface area contributed by atoms with Crippen molar-refractivity contribution in [2.24, 2.45) is 16.9 Å². The van der Waals surface area contributed by atoms with E-state index in [1.165, 1.54) is 0 Å². The summed E-state index contributed by atoms with van der Waals surface area (Å²) in [4.78, 5) is 13.5. The van der Waals surface area contributed by atoms with Crippen molar-refractivity contribution in [2.45, 2.75) is 32.9 Å². The van der Waals surface area contributed by atoms with E-state index in [0.29, 0.717) is 26.3 Å². The predicted molar refractivity (Wildman–Crippen MR) is 62.8 cm³/mol. The van der Waals surface area contributed by atoms with Crippen LogP contribution in [0.15, 0.2) is 0 Å². The molecule has 4 N–H and O–H groups in total. The third kappa shape index (κ3) is 2.93. The number of nitrogens with two attached hydrogens (primary N) is 2. The second-order valence-electron chi connectivity index (χ2n) is 5.35. The molecule has 5 nitrogen and oxygen atoms in total. The first-order chi connectivity index (χ1) is 7.38. The van der Waals surface area contributed by atoms with Crippen molar-refractivity contribution in [3.05, 3.63) is 0 Å². The summed E-state index contributed by atoms with van der Waals surface area (Å²) in [6.07, 6.45) is 0. The highest BCUT2D eigenvalue weighted by atomic mass is 16.5. The molecule has 1 aliphatic rings. The highest BCUT2D eigenvalue weighted by molar-refractivity contribution is 5.80. The minimum atomic E-state index is -0.346. The van der Waals surface area contributed by atoms with Crippen LogP contribution in [0.3, 0.4) is 0 Å². The van der Waals surface area contributed by atoms with Crippen LogP contribution in [0.2, 0.25) is 0 Å². The molecule has 0 radical (unpaired) electrons. The molecule has 0 aliphatic carbocycles. The van der Waals surface area contributed by atoms with Gasteiger partial charge in [-0.05, 0) is 5.41 Å². The maximum absolute atomic E-state index is 11.4. The van der Waals surface area contributed by atoms with Crippen molar-refractivity contribution < 1.29 is 9.53 Å². The van der Waals surface area contributed by atoms with E-state index < -0.39 is 0 Å². The second kappa shape index (κ2) is 5.12. The Labute approximate surface area is 97.1 Å². The van der Waals surface area contributed by atoms with E-state index in [-0.39, 0.29) is 23.4 Å². The quantitative estimate of drug-likeness (QED) is 0.686. The monoisotopic (exact) mass is 229 g/mol. The summed E-state index contributed by atoms with van der Waals surface area (Å²) in [6.45, 7) is 8.62. The lowest BCUT2D eigenvalue weighted by molar-refractivity contribution is -0.133. The molecule has 1 aliphatic heterocycles. The molecule has 0 spiro atoms. The summed E-state index contributed by atoms with van der Waals surface area (Å²) in [7, 11) is 0. The Kier molecular flexibility index (Phi) is 4.29. The van der Waals surface area contributed by atoms with Gasteiger partial charge in [-0.3, -0.25) is 9.69 Å². The van der Waals surface area contributed by atoms with Crippen molar-refractivity contribution in [3.8, 4) is 0 Å². The Morgan fingerprint density at radius 3 is 2.62 bits per heavy atom. The zero-order valence-electron chi connectivity index (χ0n) is 10.4. The largest absolute Gasteiger partial charge is 0.378 e. The number of morpholine rings is 1. The molecule has 1 saturated heterocycles. The summed E-state index contributed by atoms with van der Waals surface area (Å²) < 4.78 is 5.30. The highest BCUT2D eigenvalue weighted by Gasteiger charge is 2.37. The van der Waals surface area contributed by atoms with Gasteiger partial charge in [0.05, 0.1) is 13.2 Å². The van der Waals surface area contributed by atoms with Crippen LogP contribution in [0, 0.1) is 5.41 Å². The van der Waals surface area contributed by atoms with Crippen molar-refractivity contribution in [2.75, 3.05) is 26.3 Å². The average molecular weight is 229 g/mol. The number of hydrogen-bond donors (Lipinski definition) is 2. The van der Waals surface area contributed by atoms with Crippen LogP contribution in [0.1, 0.15) is 20.8 Å². The zero-order chi connectivity index (χ0) is 12.3. The van der Waals surface area contributed by atoms with Gasteiger partial charge in [0.15, 0.2) is 0 Å². The molecule has 94 valence electrons. The van der Waals surface area contributed by atoms with Gasteiger partial charge < -0.3 is 16.2 Å².